The summed E-state index contributed by atoms with van der Waals surface area (Å²) in [6.07, 6.45) is -1.51. The highest BCUT2D eigenvalue weighted by Gasteiger charge is 2.23. The molecule has 0 saturated carbocycles. The first-order chi connectivity index (χ1) is 13.2. The summed E-state index contributed by atoms with van der Waals surface area (Å²) in [7, 11) is 0. The van der Waals surface area contributed by atoms with Crippen molar-refractivity contribution in [3.8, 4) is 0 Å². The number of hydrogen-bond donors (Lipinski definition) is 4. The maximum absolute atomic E-state index is 11.3. The monoisotopic (exact) mass is 396 g/mol. The van der Waals surface area contributed by atoms with Gasteiger partial charge in [-0.2, -0.15) is 0 Å². The maximum atomic E-state index is 11.3. The summed E-state index contributed by atoms with van der Waals surface area (Å²) in [5.41, 5.74) is 1.44. The lowest BCUT2D eigenvalue weighted by Crippen LogP contribution is -2.48. The van der Waals surface area contributed by atoms with E-state index in [9.17, 15) is 30.0 Å². The maximum Gasteiger partial charge on any atom is 0.317 e. The number of aromatic nitrogens is 1. The highest BCUT2D eigenvalue weighted by molar-refractivity contribution is 5.69. The van der Waals surface area contributed by atoms with Crippen LogP contribution < -0.4 is 0 Å². The van der Waals surface area contributed by atoms with Gasteiger partial charge in [0.1, 0.15) is 0 Å². The number of carboxylic acids is 2. The van der Waals surface area contributed by atoms with Gasteiger partial charge in [-0.1, -0.05) is 6.07 Å². The summed E-state index contributed by atoms with van der Waals surface area (Å²) in [6, 6.07) is 5.28. The second-order valence-corrected chi connectivity index (χ2v) is 7.11. The molecule has 1 aliphatic heterocycles. The van der Waals surface area contributed by atoms with Gasteiger partial charge in [0.15, 0.2) is 6.29 Å². The third kappa shape index (κ3) is 7.49. The molecule has 0 radical (unpaired) electrons. The van der Waals surface area contributed by atoms with Crippen molar-refractivity contribution in [2.45, 2.75) is 32.3 Å². The Morgan fingerprint density at radius 3 is 2.29 bits per heavy atom. The lowest BCUT2D eigenvalue weighted by Gasteiger charge is -2.34. The molecule has 156 valence electrons. The van der Waals surface area contributed by atoms with E-state index in [0.717, 1.165) is 5.69 Å². The zero-order chi connectivity index (χ0) is 20.7. The van der Waals surface area contributed by atoms with Gasteiger partial charge < -0.3 is 20.4 Å². The Morgan fingerprint density at radius 2 is 1.68 bits per heavy atom. The smallest absolute Gasteiger partial charge is 0.317 e. The Hall–Kier alpha value is -2.11. The minimum atomic E-state index is -1.51. The van der Waals surface area contributed by atoms with Gasteiger partial charge in [0.05, 0.1) is 24.5 Å². The second kappa shape index (κ2) is 10.4. The lowest BCUT2D eigenvalue weighted by atomic mass is 10.2. The van der Waals surface area contributed by atoms with Gasteiger partial charge >= 0.3 is 11.9 Å². The first kappa shape index (κ1) is 22.2. The number of fused-ring (bicyclic) bond motifs is 2. The van der Waals surface area contributed by atoms with Crippen molar-refractivity contribution in [2.75, 3.05) is 39.3 Å². The van der Waals surface area contributed by atoms with Crippen molar-refractivity contribution in [1.82, 2.24) is 19.7 Å². The molecule has 1 atom stereocenters. The zero-order valence-electron chi connectivity index (χ0n) is 15.9. The number of rotatable bonds is 6. The third-order valence-electron chi connectivity index (χ3n) is 4.61. The quantitative estimate of drug-likeness (QED) is 0.437. The number of aliphatic hydroxyl groups is 2. The van der Waals surface area contributed by atoms with Gasteiger partial charge in [0.25, 0.3) is 0 Å². The number of aliphatic carboxylic acids is 2. The predicted octanol–water partition coefficient (Wildman–Crippen LogP) is -1.13. The first-order valence-corrected chi connectivity index (χ1v) is 9.16. The standard InChI is InChI=1S/C18H28N4O6/c1-13-7-20(10-16(23)24)5-6-21(11-17(25)26)8-14-3-2-4-15(19-14)9-22(13)12-18(27)28/h2-4,13,17,25-26H,5-12H2,1H3,(H,23,24)(H,27,28). The minimum Gasteiger partial charge on any atom is -0.480 e. The summed E-state index contributed by atoms with van der Waals surface area (Å²) >= 11 is 0. The van der Waals surface area contributed by atoms with Crippen LogP contribution in [0.3, 0.4) is 0 Å². The van der Waals surface area contributed by atoms with Gasteiger partial charge in [-0.25, -0.2) is 0 Å². The topological polar surface area (TPSA) is 138 Å². The van der Waals surface area contributed by atoms with E-state index >= 15 is 0 Å². The van der Waals surface area contributed by atoms with Crippen LogP contribution in [0.1, 0.15) is 18.3 Å². The van der Waals surface area contributed by atoms with E-state index in [4.69, 9.17) is 0 Å². The van der Waals surface area contributed by atoms with Crippen LogP contribution in [0.25, 0.3) is 0 Å². The van der Waals surface area contributed by atoms with E-state index in [2.05, 4.69) is 4.98 Å². The zero-order valence-corrected chi connectivity index (χ0v) is 15.9. The van der Waals surface area contributed by atoms with Crippen LogP contribution in [0, 0.1) is 0 Å². The third-order valence-corrected chi connectivity index (χ3v) is 4.61. The molecule has 1 aliphatic rings. The molecule has 1 aromatic rings. The molecule has 0 amide bonds. The number of pyridine rings is 1. The van der Waals surface area contributed by atoms with Gasteiger partial charge in [-0.05, 0) is 19.1 Å². The van der Waals surface area contributed by atoms with Crippen molar-refractivity contribution in [1.29, 1.82) is 0 Å². The fourth-order valence-electron chi connectivity index (χ4n) is 3.35. The van der Waals surface area contributed by atoms with Gasteiger partial charge in [-0.3, -0.25) is 29.3 Å². The number of hydrogen-bond acceptors (Lipinski definition) is 8. The summed E-state index contributed by atoms with van der Waals surface area (Å²) in [5.74, 6) is -1.92. The average Bonchev–Trinajstić information content (AvgIpc) is 2.57. The van der Waals surface area contributed by atoms with Crippen molar-refractivity contribution in [3.63, 3.8) is 0 Å². The number of aliphatic hydroxyl groups excluding tert-OH is 1. The van der Waals surface area contributed by atoms with Crippen LogP contribution in [0.15, 0.2) is 18.2 Å². The molecule has 10 heteroatoms. The highest BCUT2D eigenvalue weighted by Crippen LogP contribution is 2.12. The fraction of sp³-hybridized carbons (Fsp3) is 0.611. The van der Waals surface area contributed by atoms with E-state index in [0.29, 0.717) is 38.4 Å². The van der Waals surface area contributed by atoms with Crippen molar-refractivity contribution < 1.29 is 30.0 Å². The molecular formula is C18H28N4O6. The van der Waals surface area contributed by atoms with Gasteiger partial charge in [0.2, 0.25) is 0 Å². The highest BCUT2D eigenvalue weighted by atomic mass is 16.5. The summed E-state index contributed by atoms with van der Waals surface area (Å²) < 4.78 is 0. The number of β-amino-alcohol motifs (C(OH)–C–C–N with tert-alkyl or cyclic N) is 2. The predicted molar refractivity (Wildman–Crippen MR) is 99.3 cm³/mol. The van der Waals surface area contributed by atoms with Crippen molar-refractivity contribution in [2.24, 2.45) is 0 Å². The van der Waals surface area contributed by atoms with E-state index < -0.39 is 18.2 Å². The van der Waals surface area contributed by atoms with Gasteiger partial charge in [-0.15, -0.1) is 0 Å². The Morgan fingerprint density at radius 1 is 1.07 bits per heavy atom. The number of carboxylic acid groups (broad SMARTS) is 2. The molecule has 10 nitrogen and oxygen atoms in total. The normalized spacial score (nSPS) is 20.5. The summed E-state index contributed by atoms with van der Waals surface area (Å²) in [4.78, 5) is 32.4. The molecule has 0 aliphatic carbocycles. The Kier molecular flexibility index (Phi) is 8.27. The van der Waals surface area contributed by atoms with Crippen LogP contribution in [0.2, 0.25) is 0 Å². The Balaban J connectivity index is 2.30. The number of carbonyl (C=O) groups is 2. The molecule has 28 heavy (non-hydrogen) atoms. The first-order valence-electron chi connectivity index (χ1n) is 9.16. The molecule has 0 fully saturated rings. The van der Waals surface area contributed by atoms with E-state index in [1.807, 2.05) is 30.0 Å². The van der Waals surface area contributed by atoms with Crippen LogP contribution in [0.4, 0.5) is 0 Å². The minimum absolute atomic E-state index is 0.0213. The van der Waals surface area contributed by atoms with Gasteiger partial charge in [0, 0.05) is 45.3 Å². The van der Waals surface area contributed by atoms with Crippen LogP contribution >= 0.6 is 0 Å². The van der Waals surface area contributed by atoms with E-state index in [1.165, 1.54) is 0 Å². The van der Waals surface area contributed by atoms with Crippen LogP contribution in [-0.4, -0.2) is 104 Å². The largest absolute Gasteiger partial charge is 0.480 e. The Bertz CT molecular complexity index is 671. The molecule has 2 heterocycles. The molecule has 1 unspecified atom stereocenters. The van der Waals surface area contributed by atoms with Crippen molar-refractivity contribution in [3.05, 3.63) is 29.6 Å². The SMILES string of the molecule is CC1CN(CC(=O)O)CCN(CC(O)O)Cc2cccc(n2)CN1CC(=O)O. The molecule has 0 aromatic carbocycles. The second-order valence-electron chi connectivity index (χ2n) is 7.11. The summed E-state index contributed by atoms with van der Waals surface area (Å²) in [5, 5.41) is 37.2. The molecular weight excluding hydrogens is 368 g/mol. The number of nitrogens with zero attached hydrogens (tertiary/aromatic N) is 4. The molecule has 1 aromatic heterocycles. The molecule has 0 saturated heterocycles. The Labute approximate surface area is 163 Å². The lowest BCUT2D eigenvalue weighted by molar-refractivity contribution is -0.141. The van der Waals surface area contributed by atoms with Crippen LogP contribution in [-0.2, 0) is 22.7 Å². The molecule has 0 spiro atoms. The summed E-state index contributed by atoms with van der Waals surface area (Å²) in [6.45, 7) is 3.42. The molecule has 4 N–H and O–H groups in total. The van der Waals surface area contributed by atoms with E-state index in [1.54, 1.807) is 9.80 Å². The fourth-order valence-corrected chi connectivity index (χ4v) is 3.35. The molecule has 2 bridgehead atoms. The van der Waals surface area contributed by atoms with E-state index in [-0.39, 0.29) is 25.7 Å². The van der Waals surface area contributed by atoms with Crippen molar-refractivity contribution >= 4 is 11.9 Å². The average molecular weight is 396 g/mol. The molecule has 2 rings (SSSR count). The van der Waals surface area contributed by atoms with Crippen LogP contribution in [0.5, 0.6) is 0 Å².